The summed E-state index contributed by atoms with van der Waals surface area (Å²) < 4.78 is 5.36. The summed E-state index contributed by atoms with van der Waals surface area (Å²) in [7, 11) is 1.70. The third-order valence-corrected chi connectivity index (χ3v) is 2.83. The summed E-state index contributed by atoms with van der Waals surface area (Å²) in [6.07, 6.45) is 0.920. The molecule has 1 aromatic carbocycles. The maximum absolute atomic E-state index is 8.69. The standard InChI is InChI=1S/C14H23NO2/c1-11(2)12-4-5-14(17-3)13(10-12)6-7-15-8-9-16/h4-5,10-11,15-16H,6-9H2,1-3H3. The van der Waals surface area contributed by atoms with Crippen LogP contribution in [-0.4, -0.2) is 31.9 Å². The van der Waals surface area contributed by atoms with E-state index in [1.54, 1.807) is 7.11 Å². The van der Waals surface area contributed by atoms with Crippen LogP contribution < -0.4 is 10.1 Å². The molecule has 0 saturated carbocycles. The van der Waals surface area contributed by atoms with E-state index >= 15 is 0 Å². The largest absolute Gasteiger partial charge is 0.496 e. The van der Waals surface area contributed by atoms with Gasteiger partial charge in [-0.05, 0) is 36.1 Å². The Morgan fingerprint density at radius 3 is 2.65 bits per heavy atom. The summed E-state index contributed by atoms with van der Waals surface area (Å²) in [6.45, 7) is 6.07. The maximum atomic E-state index is 8.69. The molecule has 0 bridgehead atoms. The molecule has 0 aromatic heterocycles. The molecule has 96 valence electrons. The molecular formula is C14H23NO2. The van der Waals surface area contributed by atoms with Crippen molar-refractivity contribution in [3.8, 4) is 5.75 Å². The first kappa shape index (κ1) is 14.0. The minimum Gasteiger partial charge on any atom is -0.496 e. The fourth-order valence-corrected chi connectivity index (χ4v) is 1.78. The molecule has 2 N–H and O–H groups in total. The lowest BCUT2D eigenvalue weighted by atomic mass is 9.99. The molecular weight excluding hydrogens is 214 g/mol. The molecule has 0 fully saturated rings. The van der Waals surface area contributed by atoms with Crippen molar-refractivity contribution >= 4 is 0 Å². The van der Waals surface area contributed by atoms with Gasteiger partial charge in [-0.2, -0.15) is 0 Å². The molecule has 0 radical (unpaired) electrons. The van der Waals surface area contributed by atoms with Crippen LogP contribution in [0.4, 0.5) is 0 Å². The molecule has 0 aliphatic heterocycles. The number of benzene rings is 1. The van der Waals surface area contributed by atoms with E-state index in [4.69, 9.17) is 9.84 Å². The second-order valence-electron chi connectivity index (χ2n) is 4.45. The summed E-state index contributed by atoms with van der Waals surface area (Å²) in [4.78, 5) is 0. The van der Waals surface area contributed by atoms with Crippen molar-refractivity contribution in [3.63, 3.8) is 0 Å². The third-order valence-electron chi connectivity index (χ3n) is 2.83. The van der Waals surface area contributed by atoms with Crippen LogP contribution in [0.5, 0.6) is 5.75 Å². The van der Waals surface area contributed by atoms with Gasteiger partial charge in [0.1, 0.15) is 5.75 Å². The highest BCUT2D eigenvalue weighted by atomic mass is 16.5. The van der Waals surface area contributed by atoms with Crippen LogP contribution in [0, 0.1) is 0 Å². The molecule has 0 unspecified atom stereocenters. The van der Waals surface area contributed by atoms with Gasteiger partial charge in [0.25, 0.3) is 0 Å². The maximum Gasteiger partial charge on any atom is 0.122 e. The number of hydrogen-bond donors (Lipinski definition) is 2. The second kappa shape index (κ2) is 7.30. The van der Waals surface area contributed by atoms with Crippen molar-refractivity contribution in [2.24, 2.45) is 0 Å². The van der Waals surface area contributed by atoms with Gasteiger partial charge in [0.2, 0.25) is 0 Å². The highest BCUT2D eigenvalue weighted by Gasteiger charge is 2.06. The lowest BCUT2D eigenvalue weighted by Crippen LogP contribution is -2.21. The molecule has 0 spiro atoms. The number of rotatable bonds is 7. The molecule has 3 heteroatoms. The number of hydrogen-bond acceptors (Lipinski definition) is 3. The van der Waals surface area contributed by atoms with E-state index in [2.05, 4.69) is 31.3 Å². The average Bonchev–Trinajstić information content (AvgIpc) is 2.34. The van der Waals surface area contributed by atoms with Crippen LogP contribution in [-0.2, 0) is 6.42 Å². The van der Waals surface area contributed by atoms with Gasteiger partial charge in [-0.1, -0.05) is 26.0 Å². The van der Waals surface area contributed by atoms with Gasteiger partial charge in [0.15, 0.2) is 0 Å². The van der Waals surface area contributed by atoms with Crippen molar-refractivity contribution in [3.05, 3.63) is 29.3 Å². The third kappa shape index (κ3) is 4.36. The zero-order chi connectivity index (χ0) is 12.7. The van der Waals surface area contributed by atoms with Crippen molar-refractivity contribution in [2.75, 3.05) is 26.8 Å². The molecule has 1 rings (SSSR count). The lowest BCUT2D eigenvalue weighted by Gasteiger charge is -2.13. The van der Waals surface area contributed by atoms with Crippen molar-refractivity contribution in [2.45, 2.75) is 26.2 Å². The van der Waals surface area contributed by atoms with E-state index in [0.29, 0.717) is 12.5 Å². The van der Waals surface area contributed by atoms with E-state index in [9.17, 15) is 0 Å². The molecule has 0 saturated heterocycles. The van der Waals surface area contributed by atoms with Crippen LogP contribution in [0.2, 0.25) is 0 Å². The van der Waals surface area contributed by atoms with Crippen LogP contribution in [0.3, 0.4) is 0 Å². The van der Waals surface area contributed by atoms with E-state index < -0.39 is 0 Å². The summed E-state index contributed by atoms with van der Waals surface area (Å²) in [5.74, 6) is 1.48. The first-order chi connectivity index (χ1) is 8.19. The number of nitrogens with one attached hydrogen (secondary N) is 1. The Bertz CT molecular complexity index is 337. The minimum atomic E-state index is 0.184. The van der Waals surface area contributed by atoms with Crippen molar-refractivity contribution in [1.82, 2.24) is 5.32 Å². The van der Waals surface area contributed by atoms with E-state index in [-0.39, 0.29) is 6.61 Å². The second-order valence-corrected chi connectivity index (χ2v) is 4.45. The monoisotopic (exact) mass is 237 g/mol. The average molecular weight is 237 g/mol. The Balaban J connectivity index is 2.69. The smallest absolute Gasteiger partial charge is 0.122 e. The number of ether oxygens (including phenoxy) is 1. The Morgan fingerprint density at radius 1 is 1.29 bits per heavy atom. The summed E-state index contributed by atoms with van der Waals surface area (Å²) in [5, 5.41) is 11.9. The summed E-state index contributed by atoms with van der Waals surface area (Å²) in [5.41, 5.74) is 2.56. The highest BCUT2D eigenvalue weighted by molar-refractivity contribution is 5.38. The van der Waals surface area contributed by atoms with Gasteiger partial charge >= 0.3 is 0 Å². The SMILES string of the molecule is COc1ccc(C(C)C)cc1CCNCCO. The van der Waals surface area contributed by atoms with Crippen LogP contribution in [0.1, 0.15) is 30.9 Å². The topological polar surface area (TPSA) is 41.5 Å². The van der Waals surface area contributed by atoms with Crippen molar-refractivity contribution in [1.29, 1.82) is 0 Å². The van der Waals surface area contributed by atoms with E-state index in [1.807, 2.05) is 6.07 Å². The van der Waals surface area contributed by atoms with Gasteiger partial charge in [0.05, 0.1) is 13.7 Å². The first-order valence-corrected chi connectivity index (χ1v) is 6.17. The van der Waals surface area contributed by atoms with Crippen LogP contribution >= 0.6 is 0 Å². The molecule has 3 nitrogen and oxygen atoms in total. The zero-order valence-corrected chi connectivity index (χ0v) is 11.0. The normalized spacial score (nSPS) is 10.9. The summed E-state index contributed by atoms with van der Waals surface area (Å²) >= 11 is 0. The number of aliphatic hydroxyl groups is 1. The fourth-order valence-electron chi connectivity index (χ4n) is 1.78. The number of methoxy groups -OCH3 is 1. The molecule has 17 heavy (non-hydrogen) atoms. The Kier molecular flexibility index (Phi) is 6.01. The predicted octanol–water partition coefficient (Wildman–Crippen LogP) is 1.94. The first-order valence-electron chi connectivity index (χ1n) is 6.17. The van der Waals surface area contributed by atoms with Gasteiger partial charge in [-0.3, -0.25) is 0 Å². The van der Waals surface area contributed by atoms with Crippen LogP contribution in [0.25, 0.3) is 0 Å². The molecule has 0 heterocycles. The molecule has 0 atom stereocenters. The Hall–Kier alpha value is -1.06. The van der Waals surface area contributed by atoms with Gasteiger partial charge in [0, 0.05) is 6.54 Å². The number of aliphatic hydroxyl groups excluding tert-OH is 1. The molecule has 0 aliphatic rings. The molecule has 0 amide bonds. The van der Waals surface area contributed by atoms with E-state index in [0.717, 1.165) is 18.7 Å². The Labute approximate surface area is 104 Å². The molecule has 1 aromatic rings. The predicted molar refractivity (Wildman–Crippen MR) is 70.7 cm³/mol. The van der Waals surface area contributed by atoms with Gasteiger partial charge < -0.3 is 15.2 Å². The minimum absolute atomic E-state index is 0.184. The lowest BCUT2D eigenvalue weighted by molar-refractivity contribution is 0.292. The highest BCUT2D eigenvalue weighted by Crippen LogP contribution is 2.24. The summed E-state index contributed by atoms with van der Waals surface area (Å²) in [6, 6.07) is 6.37. The van der Waals surface area contributed by atoms with Crippen molar-refractivity contribution < 1.29 is 9.84 Å². The molecule has 0 aliphatic carbocycles. The van der Waals surface area contributed by atoms with Gasteiger partial charge in [-0.15, -0.1) is 0 Å². The van der Waals surface area contributed by atoms with Gasteiger partial charge in [-0.25, -0.2) is 0 Å². The van der Waals surface area contributed by atoms with E-state index in [1.165, 1.54) is 11.1 Å². The quantitative estimate of drug-likeness (QED) is 0.712. The van der Waals surface area contributed by atoms with Crippen LogP contribution in [0.15, 0.2) is 18.2 Å². The zero-order valence-electron chi connectivity index (χ0n) is 11.0. The Morgan fingerprint density at radius 2 is 2.06 bits per heavy atom. The fraction of sp³-hybridized carbons (Fsp3) is 0.571.